The molecule has 0 spiro atoms. The number of hydrogen-bond acceptors (Lipinski definition) is 2. The van der Waals surface area contributed by atoms with Crippen LogP contribution in [0.5, 0.6) is 0 Å². The van der Waals surface area contributed by atoms with Crippen LogP contribution in [-0.2, 0) is 4.79 Å². The molecular formula is C7H15BrN2O. The van der Waals surface area contributed by atoms with Crippen molar-refractivity contribution in [1.29, 1.82) is 0 Å². The molecule has 66 valence electrons. The number of rotatable bonds is 4. The number of alkyl halides is 1. The molecule has 0 aliphatic carbocycles. The second-order valence-corrected chi connectivity index (χ2v) is 3.71. The average molecular weight is 223 g/mol. The third-order valence-corrected chi connectivity index (χ3v) is 2.75. The molecule has 11 heavy (non-hydrogen) atoms. The van der Waals surface area contributed by atoms with E-state index in [-0.39, 0.29) is 10.7 Å². The maximum absolute atomic E-state index is 11.1. The van der Waals surface area contributed by atoms with E-state index in [9.17, 15) is 4.79 Å². The van der Waals surface area contributed by atoms with Gasteiger partial charge in [0.05, 0.1) is 4.83 Å². The summed E-state index contributed by atoms with van der Waals surface area (Å²) in [5.74, 6) is 0.332. The highest BCUT2D eigenvalue weighted by Gasteiger charge is 2.17. The molecule has 0 fully saturated rings. The van der Waals surface area contributed by atoms with Crippen molar-refractivity contribution in [1.82, 2.24) is 5.32 Å². The van der Waals surface area contributed by atoms with E-state index >= 15 is 0 Å². The maximum atomic E-state index is 11.1. The second kappa shape index (κ2) is 5.55. The topological polar surface area (TPSA) is 55.1 Å². The molecule has 0 radical (unpaired) electrons. The van der Waals surface area contributed by atoms with E-state index in [0.29, 0.717) is 19.0 Å². The molecule has 0 heterocycles. The summed E-state index contributed by atoms with van der Waals surface area (Å²) >= 11 is 3.28. The highest BCUT2D eigenvalue weighted by molar-refractivity contribution is 9.10. The number of hydrogen-bond donors (Lipinski definition) is 2. The summed E-state index contributed by atoms with van der Waals surface area (Å²) in [6, 6.07) is 0. The standard InChI is InChI=1S/C7H15BrN2O/c1-5(2)6(8)7(11)10-4-3-9/h5-6H,3-4,9H2,1-2H3,(H,10,11). The maximum Gasteiger partial charge on any atom is 0.234 e. The Labute approximate surface area is 75.8 Å². The van der Waals surface area contributed by atoms with Crippen LogP contribution in [-0.4, -0.2) is 23.8 Å². The van der Waals surface area contributed by atoms with Crippen LogP contribution in [0, 0.1) is 5.92 Å². The molecule has 4 heteroatoms. The lowest BCUT2D eigenvalue weighted by atomic mass is 10.1. The van der Waals surface area contributed by atoms with E-state index in [1.807, 2.05) is 13.8 Å². The van der Waals surface area contributed by atoms with Crippen LogP contribution in [0.4, 0.5) is 0 Å². The van der Waals surface area contributed by atoms with Gasteiger partial charge in [-0.3, -0.25) is 4.79 Å². The molecule has 1 atom stereocenters. The fraction of sp³-hybridized carbons (Fsp3) is 0.857. The molecule has 0 aromatic rings. The first-order valence-corrected chi connectivity index (χ1v) is 4.63. The van der Waals surface area contributed by atoms with E-state index in [0.717, 1.165) is 0 Å². The Bertz CT molecular complexity index is 128. The zero-order valence-corrected chi connectivity index (χ0v) is 8.52. The average Bonchev–Trinajstić information content (AvgIpc) is 1.98. The molecule has 0 bridgehead atoms. The van der Waals surface area contributed by atoms with E-state index in [2.05, 4.69) is 21.2 Å². The van der Waals surface area contributed by atoms with Crippen LogP contribution < -0.4 is 11.1 Å². The Hall–Kier alpha value is -0.0900. The largest absolute Gasteiger partial charge is 0.354 e. The van der Waals surface area contributed by atoms with Gasteiger partial charge in [0.2, 0.25) is 5.91 Å². The molecule has 0 saturated carbocycles. The molecule has 0 aliphatic heterocycles. The zero-order chi connectivity index (χ0) is 8.85. The summed E-state index contributed by atoms with van der Waals surface area (Å²) in [4.78, 5) is 11.0. The molecule has 0 saturated heterocycles. The normalized spacial score (nSPS) is 13.2. The number of nitrogens with two attached hydrogens (primary N) is 1. The fourth-order valence-electron chi connectivity index (χ4n) is 0.596. The summed E-state index contributed by atoms with van der Waals surface area (Å²) < 4.78 is 0. The van der Waals surface area contributed by atoms with Gasteiger partial charge in [0.15, 0.2) is 0 Å². The van der Waals surface area contributed by atoms with Gasteiger partial charge in [-0.15, -0.1) is 0 Å². The van der Waals surface area contributed by atoms with Gasteiger partial charge in [0, 0.05) is 13.1 Å². The van der Waals surface area contributed by atoms with Gasteiger partial charge in [0.25, 0.3) is 0 Å². The van der Waals surface area contributed by atoms with Gasteiger partial charge < -0.3 is 11.1 Å². The summed E-state index contributed by atoms with van der Waals surface area (Å²) in [6.45, 7) is 5.01. The first-order valence-electron chi connectivity index (χ1n) is 3.71. The Morgan fingerprint density at radius 3 is 2.55 bits per heavy atom. The Morgan fingerprint density at radius 1 is 1.64 bits per heavy atom. The van der Waals surface area contributed by atoms with Gasteiger partial charge in [0.1, 0.15) is 0 Å². The molecule has 3 nitrogen and oxygen atoms in total. The fourth-order valence-corrected chi connectivity index (χ4v) is 0.757. The highest BCUT2D eigenvalue weighted by Crippen LogP contribution is 2.11. The lowest BCUT2D eigenvalue weighted by Crippen LogP contribution is -2.36. The minimum atomic E-state index is -0.103. The van der Waals surface area contributed by atoms with Crippen molar-refractivity contribution in [2.24, 2.45) is 11.7 Å². The number of carbonyl (C=O) groups is 1. The predicted octanol–water partition coefficient (Wildman–Crippen LogP) is 0.481. The number of halogens is 1. The third kappa shape index (κ3) is 4.37. The van der Waals surface area contributed by atoms with Gasteiger partial charge >= 0.3 is 0 Å². The summed E-state index contributed by atoms with van der Waals surface area (Å²) in [5.41, 5.74) is 5.22. The van der Waals surface area contributed by atoms with Gasteiger partial charge in [-0.25, -0.2) is 0 Å². The van der Waals surface area contributed by atoms with Crippen molar-refractivity contribution in [3.8, 4) is 0 Å². The van der Waals surface area contributed by atoms with E-state index in [4.69, 9.17) is 5.73 Å². The molecule has 1 unspecified atom stereocenters. The molecule has 0 rings (SSSR count). The molecule has 3 N–H and O–H groups in total. The van der Waals surface area contributed by atoms with E-state index < -0.39 is 0 Å². The Balaban J connectivity index is 3.64. The van der Waals surface area contributed by atoms with Crippen molar-refractivity contribution < 1.29 is 4.79 Å². The lowest BCUT2D eigenvalue weighted by Gasteiger charge is -2.12. The Kier molecular flexibility index (Phi) is 5.50. The first kappa shape index (κ1) is 10.9. The minimum absolute atomic E-state index is 0.0189. The van der Waals surface area contributed by atoms with E-state index in [1.54, 1.807) is 0 Å². The quantitative estimate of drug-likeness (QED) is 0.681. The SMILES string of the molecule is CC(C)C(Br)C(=O)NCCN. The summed E-state index contributed by atoms with van der Waals surface area (Å²) in [6.07, 6.45) is 0. The second-order valence-electron chi connectivity index (χ2n) is 2.73. The monoisotopic (exact) mass is 222 g/mol. The van der Waals surface area contributed by atoms with Crippen LogP contribution >= 0.6 is 15.9 Å². The minimum Gasteiger partial charge on any atom is -0.354 e. The van der Waals surface area contributed by atoms with Crippen molar-refractivity contribution in [2.75, 3.05) is 13.1 Å². The lowest BCUT2D eigenvalue weighted by molar-refractivity contribution is -0.121. The van der Waals surface area contributed by atoms with Gasteiger partial charge in [-0.2, -0.15) is 0 Å². The van der Waals surface area contributed by atoms with Crippen LogP contribution in [0.1, 0.15) is 13.8 Å². The number of amides is 1. The molecular weight excluding hydrogens is 208 g/mol. The number of nitrogens with one attached hydrogen (secondary N) is 1. The summed E-state index contributed by atoms with van der Waals surface area (Å²) in [5, 5.41) is 2.70. The van der Waals surface area contributed by atoms with Crippen molar-refractivity contribution in [2.45, 2.75) is 18.7 Å². The molecule has 1 amide bonds. The van der Waals surface area contributed by atoms with Crippen LogP contribution in [0.25, 0.3) is 0 Å². The first-order chi connectivity index (χ1) is 5.09. The molecule has 0 aromatic heterocycles. The number of carbonyl (C=O) groups excluding carboxylic acids is 1. The van der Waals surface area contributed by atoms with Gasteiger partial charge in [-0.1, -0.05) is 29.8 Å². The van der Waals surface area contributed by atoms with Crippen LogP contribution in [0.15, 0.2) is 0 Å². The third-order valence-electron chi connectivity index (χ3n) is 1.28. The molecule has 0 aliphatic rings. The van der Waals surface area contributed by atoms with Crippen molar-refractivity contribution in [3.05, 3.63) is 0 Å². The summed E-state index contributed by atoms with van der Waals surface area (Å²) in [7, 11) is 0. The zero-order valence-electron chi connectivity index (χ0n) is 6.93. The predicted molar refractivity (Wildman–Crippen MR) is 49.6 cm³/mol. The van der Waals surface area contributed by atoms with Crippen LogP contribution in [0.2, 0.25) is 0 Å². The van der Waals surface area contributed by atoms with Crippen molar-refractivity contribution >= 4 is 21.8 Å². The van der Waals surface area contributed by atoms with E-state index in [1.165, 1.54) is 0 Å². The van der Waals surface area contributed by atoms with Gasteiger partial charge in [-0.05, 0) is 5.92 Å². The van der Waals surface area contributed by atoms with Crippen molar-refractivity contribution in [3.63, 3.8) is 0 Å². The smallest absolute Gasteiger partial charge is 0.234 e. The highest BCUT2D eigenvalue weighted by atomic mass is 79.9. The Morgan fingerprint density at radius 2 is 2.18 bits per heavy atom. The van der Waals surface area contributed by atoms with Crippen LogP contribution in [0.3, 0.4) is 0 Å². The molecule has 0 aromatic carbocycles.